The fourth-order valence-electron chi connectivity index (χ4n) is 2.35. The van der Waals surface area contributed by atoms with E-state index in [0.717, 1.165) is 25.7 Å². The molecule has 0 bridgehead atoms. The molecule has 1 aliphatic rings. The van der Waals surface area contributed by atoms with E-state index in [1.165, 1.54) is 13.5 Å². The largest absolute Gasteiger partial charge is 0.479 e. The molecule has 0 unspecified atom stereocenters. The standard InChI is InChI=1S/C13H21N3O2/c1-18-12-10(14)5-6-11(16-12)15-9-13(17)7-3-2-4-8-13/h5-6,17H,2-4,7-9,14H2,1H3,(H,15,16). The highest BCUT2D eigenvalue weighted by Gasteiger charge is 2.28. The van der Waals surface area contributed by atoms with E-state index in [4.69, 9.17) is 10.5 Å². The van der Waals surface area contributed by atoms with Crippen LogP contribution in [0.4, 0.5) is 11.5 Å². The van der Waals surface area contributed by atoms with Crippen LogP contribution in [0.1, 0.15) is 32.1 Å². The molecular formula is C13H21N3O2. The zero-order valence-electron chi connectivity index (χ0n) is 10.8. The average molecular weight is 251 g/mol. The van der Waals surface area contributed by atoms with Crippen molar-refractivity contribution in [3.05, 3.63) is 12.1 Å². The number of rotatable bonds is 4. The Balaban J connectivity index is 1.97. The van der Waals surface area contributed by atoms with Crippen LogP contribution in [0.3, 0.4) is 0 Å². The summed E-state index contributed by atoms with van der Waals surface area (Å²) in [5.74, 6) is 1.09. The number of aromatic nitrogens is 1. The van der Waals surface area contributed by atoms with Gasteiger partial charge in [0.25, 0.3) is 0 Å². The maximum absolute atomic E-state index is 10.4. The first kappa shape index (κ1) is 13.0. The van der Waals surface area contributed by atoms with Crippen LogP contribution in [0.5, 0.6) is 5.88 Å². The first-order valence-electron chi connectivity index (χ1n) is 6.40. The molecule has 0 spiro atoms. The van der Waals surface area contributed by atoms with Gasteiger partial charge in [-0.1, -0.05) is 19.3 Å². The Hall–Kier alpha value is -1.49. The number of nitrogens with zero attached hydrogens (tertiary/aromatic N) is 1. The minimum absolute atomic E-state index is 0.413. The number of nitrogen functional groups attached to an aromatic ring is 1. The van der Waals surface area contributed by atoms with Crippen LogP contribution in [0.2, 0.25) is 0 Å². The number of methoxy groups -OCH3 is 1. The highest BCUT2D eigenvalue weighted by molar-refractivity contribution is 5.53. The van der Waals surface area contributed by atoms with Crippen molar-refractivity contribution in [3.63, 3.8) is 0 Å². The van der Waals surface area contributed by atoms with Crippen LogP contribution in [0.15, 0.2) is 12.1 Å². The lowest BCUT2D eigenvalue weighted by atomic mass is 9.85. The first-order valence-corrected chi connectivity index (χ1v) is 6.40. The second kappa shape index (κ2) is 5.44. The van der Waals surface area contributed by atoms with Gasteiger partial charge in [-0.25, -0.2) is 0 Å². The summed E-state index contributed by atoms with van der Waals surface area (Å²) in [5.41, 5.74) is 5.61. The minimum atomic E-state index is -0.603. The minimum Gasteiger partial charge on any atom is -0.479 e. The predicted octanol–water partition coefficient (Wildman–Crippen LogP) is 1.78. The molecule has 1 saturated carbocycles. The van der Waals surface area contributed by atoms with Gasteiger partial charge in [-0.15, -0.1) is 0 Å². The maximum Gasteiger partial charge on any atom is 0.238 e. The van der Waals surface area contributed by atoms with Crippen LogP contribution in [0, 0.1) is 0 Å². The van der Waals surface area contributed by atoms with Crippen LogP contribution >= 0.6 is 0 Å². The van der Waals surface area contributed by atoms with Crippen LogP contribution in [-0.4, -0.2) is 29.3 Å². The third kappa shape index (κ3) is 3.04. The van der Waals surface area contributed by atoms with Crippen LogP contribution in [-0.2, 0) is 0 Å². The second-order valence-corrected chi connectivity index (χ2v) is 4.93. The monoisotopic (exact) mass is 251 g/mol. The average Bonchev–Trinajstić information content (AvgIpc) is 2.39. The van der Waals surface area contributed by atoms with Crippen molar-refractivity contribution >= 4 is 11.5 Å². The fourth-order valence-corrected chi connectivity index (χ4v) is 2.35. The summed E-state index contributed by atoms with van der Waals surface area (Å²) in [6.07, 6.45) is 5.11. The predicted molar refractivity (Wildman–Crippen MR) is 71.7 cm³/mol. The Morgan fingerprint density at radius 2 is 2.11 bits per heavy atom. The quantitative estimate of drug-likeness (QED) is 0.760. The zero-order valence-corrected chi connectivity index (χ0v) is 10.8. The Bertz CT molecular complexity index is 403. The summed E-state index contributed by atoms with van der Waals surface area (Å²) >= 11 is 0. The lowest BCUT2D eigenvalue weighted by molar-refractivity contribution is 0.0166. The molecule has 2 rings (SSSR count). The number of ether oxygens (including phenoxy) is 1. The lowest BCUT2D eigenvalue weighted by Gasteiger charge is -2.32. The van der Waals surface area contributed by atoms with Gasteiger partial charge in [0.15, 0.2) is 0 Å². The smallest absolute Gasteiger partial charge is 0.238 e. The number of hydrogen-bond donors (Lipinski definition) is 3. The second-order valence-electron chi connectivity index (χ2n) is 4.93. The molecule has 1 heterocycles. The van der Waals surface area contributed by atoms with E-state index in [9.17, 15) is 5.11 Å². The Kier molecular flexibility index (Phi) is 3.91. The molecule has 5 heteroatoms. The normalized spacial score (nSPS) is 18.3. The van der Waals surface area contributed by atoms with Gasteiger partial charge in [0.05, 0.1) is 18.4 Å². The molecular weight excluding hydrogens is 230 g/mol. The summed E-state index contributed by atoms with van der Waals surface area (Å²) in [6.45, 7) is 0.521. The SMILES string of the molecule is COc1nc(NCC2(O)CCCCC2)ccc1N. The van der Waals surface area contributed by atoms with E-state index in [0.29, 0.717) is 23.9 Å². The highest BCUT2D eigenvalue weighted by atomic mass is 16.5. The lowest BCUT2D eigenvalue weighted by Crippen LogP contribution is -2.38. The molecule has 0 atom stereocenters. The molecule has 1 aromatic heterocycles. The van der Waals surface area contributed by atoms with Crippen molar-refractivity contribution in [2.24, 2.45) is 0 Å². The number of nitrogens with one attached hydrogen (secondary N) is 1. The molecule has 0 aromatic carbocycles. The molecule has 0 saturated heterocycles. The van der Waals surface area contributed by atoms with Gasteiger partial charge in [-0.2, -0.15) is 4.98 Å². The van der Waals surface area contributed by atoms with Gasteiger partial charge in [-0.3, -0.25) is 0 Å². The molecule has 0 aliphatic heterocycles. The number of nitrogens with two attached hydrogens (primary N) is 1. The summed E-state index contributed by atoms with van der Waals surface area (Å²) in [7, 11) is 1.54. The molecule has 1 aliphatic carbocycles. The molecule has 4 N–H and O–H groups in total. The maximum atomic E-state index is 10.4. The van der Waals surface area contributed by atoms with Gasteiger partial charge in [0.2, 0.25) is 5.88 Å². The van der Waals surface area contributed by atoms with Gasteiger partial charge < -0.3 is 20.9 Å². The fraction of sp³-hybridized carbons (Fsp3) is 0.615. The Morgan fingerprint density at radius 1 is 1.39 bits per heavy atom. The van der Waals surface area contributed by atoms with Gasteiger partial charge >= 0.3 is 0 Å². The van der Waals surface area contributed by atoms with Crippen molar-refractivity contribution in [3.8, 4) is 5.88 Å². The van der Waals surface area contributed by atoms with E-state index in [1.54, 1.807) is 12.1 Å². The molecule has 0 radical (unpaired) electrons. The molecule has 1 fully saturated rings. The third-order valence-corrected chi connectivity index (χ3v) is 3.47. The molecule has 18 heavy (non-hydrogen) atoms. The van der Waals surface area contributed by atoms with E-state index < -0.39 is 5.60 Å². The third-order valence-electron chi connectivity index (χ3n) is 3.47. The van der Waals surface area contributed by atoms with Gasteiger partial charge in [-0.05, 0) is 25.0 Å². The molecule has 100 valence electrons. The van der Waals surface area contributed by atoms with Gasteiger partial charge in [0.1, 0.15) is 5.82 Å². The molecule has 0 amide bonds. The van der Waals surface area contributed by atoms with Crippen molar-refractivity contribution in [2.45, 2.75) is 37.7 Å². The highest BCUT2D eigenvalue weighted by Crippen LogP contribution is 2.28. The Morgan fingerprint density at radius 3 is 2.78 bits per heavy atom. The van der Waals surface area contributed by atoms with Crippen molar-refractivity contribution in [1.82, 2.24) is 4.98 Å². The number of pyridine rings is 1. The van der Waals surface area contributed by atoms with Crippen LogP contribution in [0.25, 0.3) is 0 Å². The molecule has 5 nitrogen and oxygen atoms in total. The summed E-state index contributed by atoms with van der Waals surface area (Å²) in [6, 6.07) is 3.54. The van der Waals surface area contributed by atoms with Crippen molar-refractivity contribution in [2.75, 3.05) is 24.7 Å². The van der Waals surface area contributed by atoms with Gasteiger partial charge in [0, 0.05) is 6.54 Å². The van der Waals surface area contributed by atoms with E-state index in [-0.39, 0.29) is 0 Å². The topological polar surface area (TPSA) is 80.4 Å². The van der Waals surface area contributed by atoms with E-state index >= 15 is 0 Å². The first-order chi connectivity index (χ1) is 8.63. The molecule has 1 aromatic rings. The van der Waals surface area contributed by atoms with E-state index in [1.807, 2.05) is 0 Å². The number of anilines is 2. The number of hydrogen-bond acceptors (Lipinski definition) is 5. The summed E-state index contributed by atoms with van der Waals surface area (Å²) < 4.78 is 5.06. The van der Waals surface area contributed by atoms with Crippen LogP contribution < -0.4 is 15.8 Å². The van der Waals surface area contributed by atoms with Crippen molar-refractivity contribution in [1.29, 1.82) is 0 Å². The summed E-state index contributed by atoms with van der Waals surface area (Å²) in [4.78, 5) is 4.24. The Labute approximate surface area is 107 Å². The van der Waals surface area contributed by atoms with Crippen molar-refractivity contribution < 1.29 is 9.84 Å². The summed E-state index contributed by atoms with van der Waals surface area (Å²) in [5, 5.41) is 13.5. The number of aliphatic hydroxyl groups is 1. The van der Waals surface area contributed by atoms with E-state index in [2.05, 4.69) is 10.3 Å². The zero-order chi connectivity index (χ0) is 13.0.